The minimum Gasteiger partial charge on any atom is -0.445 e. The van der Waals surface area contributed by atoms with Crippen LogP contribution in [-0.2, 0) is 29.8 Å². The first kappa shape index (κ1) is 29.0. The SMILES string of the molecule is CC1(c2ccccc2)Oc2cccc(C3CCN(Cc4nc5cc(-c6n[nH]c(C(F)(F)F)n6)ccc5n4CC4CCO4)CC3)c2O1. The zero-order chi connectivity index (χ0) is 31.5. The van der Waals surface area contributed by atoms with E-state index >= 15 is 0 Å². The molecule has 2 atom stereocenters. The van der Waals surface area contributed by atoms with Gasteiger partial charge in [0.2, 0.25) is 5.82 Å². The lowest BCUT2D eigenvalue weighted by molar-refractivity contribution is -0.144. The van der Waals surface area contributed by atoms with Crippen LogP contribution in [0.5, 0.6) is 11.5 Å². The molecule has 2 unspecified atom stereocenters. The Morgan fingerprint density at radius 3 is 2.48 bits per heavy atom. The van der Waals surface area contributed by atoms with Gasteiger partial charge in [-0.15, -0.1) is 0 Å². The number of rotatable bonds is 7. The van der Waals surface area contributed by atoms with Gasteiger partial charge in [0.05, 0.1) is 30.2 Å². The summed E-state index contributed by atoms with van der Waals surface area (Å²) in [6.45, 7) is 5.81. The molecular weight excluding hydrogens is 597 g/mol. The summed E-state index contributed by atoms with van der Waals surface area (Å²) in [7, 11) is 0. The Hall–Kier alpha value is -4.42. The Labute approximate surface area is 263 Å². The molecule has 0 radical (unpaired) electrons. The topological polar surface area (TPSA) is 90.3 Å². The average molecular weight is 631 g/mol. The van der Waals surface area contributed by atoms with E-state index in [1.54, 1.807) is 12.1 Å². The first-order valence-corrected chi connectivity index (χ1v) is 15.6. The molecule has 8 rings (SSSR count). The van der Waals surface area contributed by atoms with E-state index in [1.165, 1.54) is 5.56 Å². The lowest BCUT2D eigenvalue weighted by atomic mass is 9.88. The molecule has 1 N–H and O–H groups in total. The molecule has 0 aliphatic carbocycles. The molecule has 12 heteroatoms. The Bertz CT molecular complexity index is 1880. The van der Waals surface area contributed by atoms with Crippen molar-refractivity contribution in [2.24, 2.45) is 0 Å². The predicted molar refractivity (Wildman–Crippen MR) is 163 cm³/mol. The molecule has 46 heavy (non-hydrogen) atoms. The van der Waals surface area contributed by atoms with Crippen molar-refractivity contribution < 1.29 is 27.4 Å². The van der Waals surface area contributed by atoms with Crippen LogP contribution in [0.15, 0.2) is 66.7 Å². The zero-order valence-electron chi connectivity index (χ0n) is 25.3. The van der Waals surface area contributed by atoms with Crippen molar-refractivity contribution in [3.05, 3.63) is 89.5 Å². The lowest BCUT2D eigenvalue weighted by Crippen LogP contribution is -2.35. The molecule has 0 spiro atoms. The Kier molecular flexibility index (Phi) is 7.02. The molecule has 238 valence electrons. The van der Waals surface area contributed by atoms with Crippen LogP contribution < -0.4 is 9.47 Å². The minimum atomic E-state index is -4.59. The number of benzene rings is 3. The highest BCUT2D eigenvalue weighted by molar-refractivity contribution is 5.81. The van der Waals surface area contributed by atoms with Crippen molar-refractivity contribution in [1.82, 2.24) is 29.6 Å². The summed E-state index contributed by atoms with van der Waals surface area (Å²) >= 11 is 0. The predicted octanol–water partition coefficient (Wildman–Crippen LogP) is 6.65. The fourth-order valence-electron chi connectivity index (χ4n) is 6.72. The van der Waals surface area contributed by atoms with Gasteiger partial charge in [-0.05, 0) is 62.5 Å². The van der Waals surface area contributed by atoms with E-state index in [1.807, 2.05) is 60.6 Å². The Morgan fingerprint density at radius 2 is 1.76 bits per heavy atom. The van der Waals surface area contributed by atoms with Crippen LogP contribution in [0.4, 0.5) is 13.2 Å². The number of H-pyrrole nitrogens is 1. The average Bonchev–Trinajstić information content (AvgIpc) is 3.75. The van der Waals surface area contributed by atoms with Crippen LogP contribution in [0.3, 0.4) is 0 Å². The number of para-hydroxylation sites is 1. The van der Waals surface area contributed by atoms with E-state index in [0.29, 0.717) is 30.1 Å². The monoisotopic (exact) mass is 630 g/mol. The molecule has 0 saturated carbocycles. The number of nitrogens with one attached hydrogen (secondary N) is 1. The molecule has 5 aromatic rings. The quantitative estimate of drug-likeness (QED) is 0.215. The summed E-state index contributed by atoms with van der Waals surface area (Å²) in [5.74, 6) is 0.849. The first-order chi connectivity index (χ1) is 22.2. The largest absolute Gasteiger partial charge is 0.451 e. The second kappa shape index (κ2) is 11.1. The third kappa shape index (κ3) is 5.28. The van der Waals surface area contributed by atoms with Gasteiger partial charge in [0.15, 0.2) is 17.3 Å². The Morgan fingerprint density at radius 1 is 0.957 bits per heavy atom. The summed E-state index contributed by atoms with van der Waals surface area (Å²) in [5.41, 5.74) is 4.23. The number of hydrogen-bond acceptors (Lipinski definition) is 7. The van der Waals surface area contributed by atoms with Crippen LogP contribution in [0.2, 0.25) is 0 Å². The van der Waals surface area contributed by atoms with Crippen molar-refractivity contribution in [3.63, 3.8) is 0 Å². The van der Waals surface area contributed by atoms with Crippen LogP contribution in [0, 0.1) is 0 Å². The number of fused-ring (bicyclic) bond motifs is 2. The maximum atomic E-state index is 13.1. The lowest BCUT2D eigenvalue weighted by Gasteiger charge is -2.33. The number of aromatic amines is 1. The van der Waals surface area contributed by atoms with E-state index in [2.05, 4.69) is 25.6 Å². The van der Waals surface area contributed by atoms with Crippen molar-refractivity contribution in [2.45, 2.75) is 63.3 Å². The highest BCUT2D eigenvalue weighted by atomic mass is 19.4. The number of alkyl halides is 3. The van der Waals surface area contributed by atoms with Gasteiger partial charge in [0.25, 0.3) is 5.79 Å². The first-order valence-electron chi connectivity index (χ1n) is 15.6. The van der Waals surface area contributed by atoms with Crippen LogP contribution in [-0.4, -0.2) is 55.4 Å². The van der Waals surface area contributed by atoms with Gasteiger partial charge >= 0.3 is 6.18 Å². The molecule has 9 nitrogen and oxygen atoms in total. The van der Waals surface area contributed by atoms with Crippen LogP contribution in [0.1, 0.15) is 54.9 Å². The van der Waals surface area contributed by atoms with Gasteiger partial charge in [-0.2, -0.15) is 18.3 Å². The van der Waals surface area contributed by atoms with Gasteiger partial charge < -0.3 is 18.8 Å². The molecule has 3 aliphatic rings. The van der Waals surface area contributed by atoms with E-state index in [0.717, 1.165) is 67.4 Å². The van der Waals surface area contributed by atoms with Gasteiger partial charge in [-0.25, -0.2) is 9.97 Å². The highest BCUT2D eigenvalue weighted by Crippen LogP contribution is 2.49. The maximum absolute atomic E-state index is 13.1. The van der Waals surface area contributed by atoms with Crippen LogP contribution >= 0.6 is 0 Å². The Balaban J connectivity index is 1.00. The number of imidazole rings is 1. The zero-order valence-corrected chi connectivity index (χ0v) is 25.3. The van der Waals surface area contributed by atoms with E-state index in [-0.39, 0.29) is 11.9 Å². The van der Waals surface area contributed by atoms with Crippen molar-refractivity contribution in [1.29, 1.82) is 0 Å². The molecule has 5 heterocycles. The second-order valence-corrected chi connectivity index (χ2v) is 12.4. The van der Waals surface area contributed by atoms with Crippen molar-refractivity contribution in [3.8, 4) is 22.9 Å². The van der Waals surface area contributed by atoms with Crippen LogP contribution in [0.25, 0.3) is 22.4 Å². The normalized spacial score (nSPS) is 22.0. The number of likely N-dealkylation sites (tertiary alicyclic amines) is 1. The van der Waals surface area contributed by atoms with Gasteiger partial charge in [-0.1, -0.05) is 42.5 Å². The minimum absolute atomic E-state index is 0.0133. The smallest absolute Gasteiger partial charge is 0.445 e. The van der Waals surface area contributed by atoms with Gasteiger partial charge in [0, 0.05) is 30.2 Å². The number of ether oxygens (including phenoxy) is 3. The number of piperidine rings is 1. The molecule has 0 amide bonds. The third-order valence-electron chi connectivity index (χ3n) is 9.32. The molecule has 2 aromatic heterocycles. The summed E-state index contributed by atoms with van der Waals surface area (Å²) in [6.07, 6.45) is -1.57. The van der Waals surface area contributed by atoms with E-state index in [4.69, 9.17) is 19.2 Å². The van der Waals surface area contributed by atoms with E-state index in [9.17, 15) is 13.2 Å². The summed E-state index contributed by atoms with van der Waals surface area (Å²) in [4.78, 5) is 11.0. The fourth-order valence-corrected chi connectivity index (χ4v) is 6.72. The summed E-state index contributed by atoms with van der Waals surface area (Å²) in [5, 5.41) is 5.79. The number of nitrogens with zero attached hydrogens (tertiary/aromatic N) is 5. The second-order valence-electron chi connectivity index (χ2n) is 12.4. The molecule has 0 bridgehead atoms. The maximum Gasteiger partial charge on any atom is 0.451 e. The van der Waals surface area contributed by atoms with Crippen molar-refractivity contribution >= 4 is 11.0 Å². The fraction of sp³-hybridized carbons (Fsp3) is 0.382. The van der Waals surface area contributed by atoms with Gasteiger partial charge in [-0.3, -0.25) is 10.00 Å². The molecule has 2 fully saturated rings. The highest BCUT2D eigenvalue weighted by Gasteiger charge is 2.41. The summed E-state index contributed by atoms with van der Waals surface area (Å²) in [6, 6.07) is 21.6. The molecule has 2 saturated heterocycles. The molecule has 3 aliphatic heterocycles. The number of hydrogen-bond donors (Lipinski definition) is 1. The third-order valence-corrected chi connectivity index (χ3v) is 9.32. The number of halogens is 3. The molecular formula is C34H33F3N6O3. The van der Waals surface area contributed by atoms with Gasteiger partial charge in [0.1, 0.15) is 5.82 Å². The summed E-state index contributed by atoms with van der Waals surface area (Å²) < 4.78 is 60.1. The van der Waals surface area contributed by atoms with Crippen molar-refractivity contribution in [2.75, 3.05) is 19.7 Å². The van der Waals surface area contributed by atoms with E-state index < -0.39 is 17.8 Å². The number of aromatic nitrogens is 5. The standard InChI is InChI=1S/C34H33F3N6O3/c1-33(23-6-3-2-4-7-23)45-28-9-5-8-25(30(28)46-33)21-12-15-42(16-13-21)20-29-38-26-18-22(31-39-32(41-40-31)34(35,36)37)10-11-27(26)43(29)19-24-14-17-44-24/h2-11,18,21,24H,12-17,19-20H2,1H3,(H,39,40,41). The molecule has 3 aromatic carbocycles.